The number of phosphoric acid groups is 1. The Morgan fingerprint density at radius 3 is 1.79 bits per heavy atom. The molecule has 0 aliphatic heterocycles. The Morgan fingerprint density at radius 1 is 0.692 bits per heavy atom. The van der Waals surface area contributed by atoms with Crippen molar-refractivity contribution in [3.8, 4) is 0 Å². The van der Waals surface area contributed by atoms with Crippen LogP contribution in [0.15, 0.2) is 72.9 Å². The maximum atomic E-state index is 12.8. The number of likely N-dealkylation sites (N-methyl/N-ethyl adjacent to an activating group) is 1. The Morgan fingerprint density at radius 2 is 1.19 bits per heavy atom. The first-order chi connectivity index (χ1) is 25.0. The zero-order valence-corrected chi connectivity index (χ0v) is 34.6. The molecule has 9 heteroatoms. The van der Waals surface area contributed by atoms with Crippen LogP contribution in [-0.2, 0) is 18.4 Å². The number of unbranched alkanes of at least 4 members (excludes halogenated alkanes) is 12. The standard InChI is InChI=1S/C43H77N2O6P/c1-6-8-10-12-14-16-17-18-19-20-21-22-23-24-25-26-27-29-31-33-35-37-43(47)44-41(40-51-52(48,49)50-39-38-45(3,4)5)42(46)36-34-32-30-28-15-13-11-9-7-2/h8,10,14-16,18-19,21-22,28,34,36,41-42,46H,6-7,9,11-13,17,20,23-27,29-33,35,37-40H2,1-5H3,(H-,44,47,48,49)/b10-8-,16-14-,19-18-,22-21-,28-15+,36-34+. The molecular formula is C43H77N2O6P. The predicted octanol–water partition coefficient (Wildman–Crippen LogP) is 10.2. The van der Waals surface area contributed by atoms with Gasteiger partial charge >= 0.3 is 0 Å². The summed E-state index contributed by atoms with van der Waals surface area (Å²) >= 11 is 0. The van der Waals surface area contributed by atoms with Gasteiger partial charge in [-0.3, -0.25) is 9.36 Å². The van der Waals surface area contributed by atoms with Crippen LogP contribution in [0.3, 0.4) is 0 Å². The molecule has 1 amide bonds. The molecule has 0 fully saturated rings. The molecule has 0 bridgehead atoms. The topological polar surface area (TPSA) is 108 Å². The summed E-state index contributed by atoms with van der Waals surface area (Å²) in [6.07, 6.45) is 45.3. The van der Waals surface area contributed by atoms with Gasteiger partial charge < -0.3 is 28.8 Å². The fourth-order valence-corrected chi connectivity index (χ4v) is 5.88. The molecule has 300 valence electrons. The monoisotopic (exact) mass is 749 g/mol. The van der Waals surface area contributed by atoms with Crippen LogP contribution < -0.4 is 10.2 Å². The van der Waals surface area contributed by atoms with Crippen molar-refractivity contribution in [3.63, 3.8) is 0 Å². The van der Waals surface area contributed by atoms with Crippen LogP contribution in [-0.4, -0.2) is 68.5 Å². The van der Waals surface area contributed by atoms with Gasteiger partial charge in [0.25, 0.3) is 7.82 Å². The van der Waals surface area contributed by atoms with Crippen LogP contribution in [0.25, 0.3) is 0 Å². The SMILES string of the molecule is CC/C=C\C/C=C\C/C=C\C/C=C\CCCCCCCCCCC(=O)NC(COP(=O)([O-])OCC[N+](C)(C)C)C(O)/C=C/CC/C=C/CCCCC. The number of hydrogen-bond donors (Lipinski definition) is 2. The van der Waals surface area contributed by atoms with E-state index in [2.05, 4.69) is 79.9 Å². The summed E-state index contributed by atoms with van der Waals surface area (Å²) in [5, 5.41) is 13.6. The summed E-state index contributed by atoms with van der Waals surface area (Å²) in [5.74, 6) is -0.224. The molecule has 0 saturated carbocycles. The number of nitrogens with zero attached hydrogens (tertiary/aromatic N) is 1. The molecule has 0 aromatic rings. The lowest BCUT2D eigenvalue weighted by molar-refractivity contribution is -0.870. The van der Waals surface area contributed by atoms with Gasteiger partial charge in [-0.05, 0) is 70.6 Å². The van der Waals surface area contributed by atoms with Gasteiger partial charge in [-0.15, -0.1) is 0 Å². The molecule has 3 unspecified atom stereocenters. The maximum absolute atomic E-state index is 12.8. The summed E-state index contributed by atoms with van der Waals surface area (Å²) in [4.78, 5) is 25.2. The number of carbonyl (C=O) groups excluding carboxylic acids is 1. The van der Waals surface area contributed by atoms with Gasteiger partial charge in [-0.1, -0.05) is 138 Å². The molecular weight excluding hydrogens is 671 g/mol. The summed E-state index contributed by atoms with van der Waals surface area (Å²) in [6.45, 7) is 4.42. The molecule has 0 aliphatic carbocycles. The van der Waals surface area contributed by atoms with Gasteiger partial charge in [0.2, 0.25) is 5.91 Å². The highest BCUT2D eigenvalue weighted by atomic mass is 31.2. The van der Waals surface area contributed by atoms with E-state index in [4.69, 9.17) is 9.05 Å². The van der Waals surface area contributed by atoms with E-state index in [9.17, 15) is 19.4 Å². The average molecular weight is 749 g/mol. The fourth-order valence-electron chi connectivity index (χ4n) is 5.16. The van der Waals surface area contributed by atoms with Crippen LogP contribution in [0.2, 0.25) is 0 Å². The molecule has 0 heterocycles. The number of hydrogen-bond acceptors (Lipinski definition) is 6. The van der Waals surface area contributed by atoms with Crippen molar-refractivity contribution < 1.29 is 32.9 Å². The first-order valence-electron chi connectivity index (χ1n) is 20.3. The van der Waals surface area contributed by atoms with Crippen LogP contribution in [0.4, 0.5) is 0 Å². The molecule has 0 spiro atoms. The Bertz CT molecular complexity index is 1080. The first kappa shape index (κ1) is 49.9. The Labute approximate surface area is 319 Å². The molecule has 52 heavy (non-hydrogen) atoms. The van der Waals surface area contributed by atoms with Gasteiger partial charge in [0.05, 0.1) is 39.9 Å². The summed E-state index contributed by atoms with van der Waals surface area (Å²) in [5.41, 5.74) is 0. The van der Waals surface area contributed by atoms with E-state index in [1.165, 1.54) is 44.9 Å². The predicted molar refractivity (Wildman–Crippen MR) is 219 cm³/mol. The zero-order chi connectivity index (χ0) is 38.6. The lowest BCUT2D eigenvalue weighted by Crippen LogP contribution is -2.45. The van der Waals surface area contributed by atoms with Gasteiger partial charge in [0, 0.05) is 6.42 Å². The molecule has 8 nitrogen and oxygen atoms in total. The number of rotatable bonds is 35. The van der Waals surface area contributed by atoms with Crippen LogP contribution in [0.1, 0.15) is 142 Å². The van der Waals surface area contributed by atoms with E-state index in [0.29, 0.717) is 17.4 Å². The van der Waals surface area contributed by atoms with E-state index in [1.54, 1.807) is 6.08 Å². The van der Waals surface area contributed by atoms with E-state index >= 15 is 0 Å². The van der Waals surface area contributed by atoms with Gasteiger partial charge in [-0.25, -0.2) is 0 Å². The normalized spacial score (nSPS) is 15.3. The van der Waals surface area contributed by atoms with Crippen LogP contribution in [0, 0.1) is 0 Å². The lowest BCUT2D eigenvalue weighted by Gasteiger charge is -2.29. The smallest absolute Gasteiger partial charge is 0.268 e. The third kappa shape index (κ3) is 36.3. The fraction of sp³-hybridized carbons (Fsp3) is 0.698. The average Bonchev–Trinajstić information content (AvgIpc) is 3.09. The lowest BCUT2D eigenvalue weighted by atomic mass is 10.1. The van der Waals surface area contributed by atoms with Crippen molar-refractivity contribution in [1.29, 1.82) is 0 Å². The molecule has 0 aromatic carbocycles. The first-order valence-corrected chi connectivity index (χ1v) is 21.8. The quantitative estimate of drug-likeness (QED) is 0.0289. The molecule has 0 aromatic heterocycles. The van der Waals surface area contributed by atoms with Crippen molar-refractivity contribution in [2.24, 2.45) is 0 Å². The van der Waals surface area contributed by atoms with E-state index in [1.807, 2.05) is 27.2 Å². The Hall–Kier alpha value is -2.06. The molecule has 0 rings (SSSR count). The van der Waals surface area contributed by atoms with Gasteiger partial charge in [0.1, 0.15) is 13.2 Å². The highest BCUT2D eigenvalue weighted by molar-refractivity contribution is 7.45. The Kier molecular flexibility index (Phi) is 33.3. The third-order valence-corrected chi connectivity index (χ3v) is 9.36. The molecule has 2 N–H and O–H groups in total. The zero-order valence-electron chi connectivity index (χ0n) is 33.7. The highest BCUT2D eigenvalue weighted by Crippen LogP contribution is 2.38. The molecule has 3 atom stereocenters. The summed E-state index contributed by atoms with van der Waals surface area (Å²) in [7, 11) is 1.22. The summed E-state index contributed by atoms with van der Waals surface area (Å²) in [6, 6.07) is -0.908. The molecule has 0 radical (unpaired) electrons. The van der Waals surface area contributed by atoms with Gasteiger partial charge in [-0.2, -0.15) is 0 Å². The minimum absolute atomic E-state index is 0.0121. The number of quaternary nitrogens is 1. The number of nitrogens with one attached hydrogen (secondary N) is 1. The molecule has 0 aliphatic rings. The van der Waals surface area contributed by atoms with Crippen molar-refractivity contribution in [2.45, 2.75) is 154 Å². The minimum atomic E-state index is -4.59. The maximum Gasteiger partial charge on any atom is 0.268 e. The second kappa shape index (κ2) is 34.7. The van der Waals surface area contributed by atoms with E-state index < -0.39 is 26.6 Å². The third-order valence-electron chi connectivity index (χ3n) is 8.40. The number of aliphatic hydroxyl groups excluding tert-OH is 1. The van der Waals surface area contributed by atoms with E-state index in [-0.39, 0.29) is 12.5 Å². The number of carbonyl (C=O) groups is 1. The van der Waals surface area contributed by atoms with Crippen molar-refractivity contribution in [2.75, 3.05) is 40.9 Å². The number of phosphoric ester groups is 1. The second-order valence-corrected chi connectivity index (χ2v) is 16.0. The van der Waals surface area contributed by atoms with Crippen LogP contribution >= 0.6 is 7.82 Å². The molecule has 0 saturated heterocycles. The van der Waals surface area contributed by atoms with Crippen LogP contribution in [0.5, 0.6) is 0 Å². The second-order valence-electron chi connectivity index (χ2n) is 14.6. The van der Waals surface area contributed by atoms with Crippen molar-refractivity contribution in [1.82, 2.24) is 5.32 Å². The highest BCUT2D eigenvalue weighted by Gasteiger charge is 2.23. The van der Waals surface area contributed by atoms with Gasteiger partial charge in [0.15, 0.2) is 0 Å². The largest absolute Gasteiger partial charge is 0.756 e. The number of allylic oxidation sites excluding steroid dienone is 11. The van der Waals surface area contributed by atoms with E-state index in [0.717, 1.165) is 77.0 Å². The number of amides is 1. The number of aliphatic hydroxyl groups is 1. The van der Waals surface area contributed by atoms with Crippen molar-refractivity contribution in [3.05, 3.63) is 72.9 Å². The Balaban J connectivity index is 4.39. The van der Waals surface area contributed by atoms with Crippen molar-refractivity contribution >= 4 is 13.7 Å². The summed E-state index contributed by atoms with van der Waals surface area (Å²) < 4.78 is 23.0. The minimum Gasteiger partial charge on any atom is -0.756 e.